The van der Waals surface area contributed by atoms with E-state index in [1.165, 1.54) is 16.5 Å². The number of amides is 1. The zero-order valence-corrected chi connectivity index (χ0v) is 17.0. The summed E-state index contributed by atoms with van der Waals surface area (Å²) in [5, 5.41) is 7.45. The maximum atomic E-state index is 12.6. The molecule has 3 N–H and O–H groups in total. The third-order valence-corrected chi connectivity index (χ3v) is 4.99. The Morgan fingerprint density at radius 1 is 0.967 bits per heavy atom. The predicted octanol–water partition coefficient (Wildman–Crippen LogP) is 3.89. The van der Waals surface area contributed by atoms with Crippen LogP contribution in [0, 0.1) is 6.92 Å². The fourth-order valence-corrected chi connectivity index (χ4v) is 3.49. The molecule has 4 rings (SSSR count). The molecule has 0 aliphatic carbocycles. The van der Waals surface area contributed by atoms with Crippen molar-refractivity contribution in [2.75, 3.05) is 18.4 Å². The minimum atomic E-state index is -0.188. The average molecular weight is 399 g/mol. The smallest absolute Gasteiger partial charge is 0.270 e. The number of aryl methyl sites for hydroxylation is 1. The third kappa shape index (κ3) is 4.84. The second kappa shape index (κ2) is 9.22. The molecule has 30 heavy (non-hydrogen) atoms. The lowest BCUT2D eigenvalue weighted by molar-refractivity contribution is 0.0949. The van der Waals surface area contributed by atoms with Crippen LogP contribution in [0.25, 0.3) is 10.9 Å². The molecule has 6 heteroatoms. The fourth-order valence-electron chi connectivity index (χ4n) is 3.49. The van der Waals surface area contributed by atoms with Gasteiger partial charge in [-0.1, -0.05) is 48.5 Å². The van der Waals surface area contributed by atoms with Gasteiger partial charge < -0.3 is 15.6 Å². The first-order valence-electron chi connectivity index (χ1n) is 10.2. The molecule has 2 heterocycles. The minimum absolute atomic E-state index is 0.188. The standard InChI is InChI=1S/C24H25N5O/c1-17-28-22(15-23(29-17)25-13-11-18-7-3-2-4-8-18)24(30)26-14-12-19-16-27-21-10-6-5-9-20(19)21/h2-10,15-16,27H,11-14H2,1H3,(H,26,30)(H,25,28,29). The molecule has 0 saturated carbocycles. The summed E-state index contributed by atoms with van der Waals surface area (Å²) in [6.07, 6.45) is 3.64. The number of aromatic nitrogens is 3. The predicted molar refractivity (Wildman–Crippen MR) is 120 cm³/mol. The molecule has 0 spiro atoms. The number of rotatable bonds is 8. The molecule has 0 fully saturated rings. The highest BCUT2D eigenvalue weighted by Crippen LogP contribution is 2.17. The average Bonchev–Trinajstić information content (AvgIpc) is 3.17. The van der Waals surface area contributed by atoms with Crippen molar-refractivity contribution >= 4 is 22.6 Å². The normalized spacial score (nSPS) is 10.8. The molecular weight excluding hydrogens is 374 g/mol. The van der Waals surface area contributed by atoms with Crippen LogP contribution in [0.4, 0.5) is 5.82 Å². The Bertz CT molecular complexity index is 1140. The Kier molecular flexibility index (Phi) is 6.03. The van der Waals surface area contributed by atoms with Crippen LogP contribution in [-0.2, 0) is 12.8 Å². The second-order valence-corrected chi connectivity index (χ2v) is 7.21. The molecule has 6 nitrogen and oxygen atoms in total. The zero-order chi connectivity index (χ0) is 20.8. The van der Waals surface area contributed by atoms with Crippen LogP contribution >= 0.6 is 0 Å². The number of carbonyl (C=O) groups excluding carboxylic acids is 1. The fraction of sp³-hybridized carbons (Fsp3) is 0.208. The first-order valence-corrected chi connectivity index (χ1v) is 10.2. The number of carbonyl (C=O) groups is 1. The number of H-pyrrole nitrogens is 1. The van der Waals surface area contributed by atoms with Crippen LogP contribution in [0.5, 0.6) is 0 Å². The van der Waals surface area contributed by atoms with Crippen molar-refractivity contribution in [2.24, 2.45) is 0 Å². The lowest BCUT2D eigenvalue weighted by atomic mass is 10.1. The SMILES string of the molecule is Cc1nc(NCCc2ccccc2)cc(C(=O)NCCc2c[nH]c3ccccc23)n1. The Hall–Kier alpha value is -3.67. The van der Waals surface area contributed by atoms with E-state index in [0.29, 0.717) is 23.9 Å². The van der Waals surface area contributed by atoms with Crippen molar-refractivity contribution in [1.29, 1.82) is 0 Å². The molecule has 0 radical (unpaired) electrons. The molecule has 0 bridgehead atoms. The number of benzene rings is 2. The number of anilines is 1. The molecular formula is C24H25N5O. The molecule has 0 aliphatic rings. The summed E-state index contributed by atoms with van der Waals surface area (Å²) in [6, 6.07) is 20.1. The third-order valence-electron chi connectivity index (χ3n) is 4.99. The van der Waals surface area contributed by atoms with Crippen LogP contribution in [-0.4, -0.2) is 33.9 Å². The highest BCUT2D eigenvalue weighted by Gasteiger charge is 2.11. The molecule has 0 aliphatic heterocycles. The minimum Gasteiger partial charge on any atom is -0.370 e. The van der Waals surface area contributed by atoms with Gasteiger partial charge in [0.15, 0.2) is 0 Å². The van der Waals surface area contributed by atoms with Gasteiger partial charge in [-0.2, -0.15) is 0 Å². The van der Waals surface area contributed by atoms with Crippen molar-refractivity contribution in [3.8, 4) is 0 Å². The van der Waals surface area contributed by atoms with Crippen molar-refractivity contribution in [3.05, 3.63) is 89.5 Å². The molecule has 1 amide bonds. The maximum absolute atomic E-state index is 12.6. The van der Waals surface area contributed by atoms with Crippen LogP contribution < -0.4 is 10.6 Å². The van der Waals surface area contributed by atoms with E-state index in [0.717, 1.165) is 24.9 Å². The summed E-state index contributed by atoms with van der Waals surface area (Å²) < 4.78 is 0. The second-order valence-electron chi connectivity index (χ2n) is 7.21. The van der Waals surface area contributed by atoms with Crippen molar-refractivity contribution in [2.45, 2.75) is 19.8 Å². The zero-order valence-electron chi connectivity index (χ0n) is 17.0. The number of aromatic amines is 1. The first kappa shape index (κ1) is 19.6. The molecule has 0 unspecified atom stereocenters. The molecule has 4 aromatic rings. The molecule has 152 valence electrons. The monoisotopic (exact) mass is 399 g/mol. The van der Waals surface area contributed by atoms with E-state index in [-0.39, 0.29) is 5.91 Å². The summed E-state index contributed by atoms with van der Waals surface area (Å²) in [5.74, 6) is 1.05. The number of para-hydroxylation sites is 1. The van der Waals surface area contributed by atoms with Gasteiger partial charge in [0.1, 0.15) is 17.3 Å². The number of nitrogens with one attached hydrogen (secondary N) is 3. The quantitative estimate of drug-likeness (QED) is 0.420. The van der Waals surface area contributed by atoms with Crippen molar-refractivity contribution in [3.63, 3.8) is 0 Å². The first-order chi connectivity index (χ1) is 14.7. The largest absolute Gasteiger partial charge is 0.370 e. The lowest BCUT2D eigenvalue weighted by Crippen LogP contribution is -2.27. The van der Waals surface area contributed by atoms with Crippen LogP contribution in [0.15, 0.2) is 66.9 Å². The van der Waals surface area contributed by atoms with Gasteiger partial charge >= 0.3 is 0 Å². The van der Waals surface area contributed by atoms with Crippen LogP contribution in [0.3, 0.4) is 0 Å². The van der Waals surface area contributed by atoms with Gasteiger partial charge in [-0.15, -0.1) is 0 Å². The molecule has 0 atom stereocenters. The van der Waals surface area contributed by atoms with E-state index in [2.05, 4.69) is 43.8 Å². The highest BCUT2D eigenvalue weighted by atomic mass is 16.1. The Labute approximate surface area is 175 Å². The number of nitrogens with zero attached hydrogens (tertiary/aromatic N) is 2. The summed E-state index contributed by atoms with van der Waals surface area (Å²) in [7, 11) is 0. The van der Waals surface area contributed by atoms with Gasteiger partial charge in [-0.05, 0) is 37.0 Å². The maximum Gasteiger partial charge on any atom is 0.270 e. The van der Waals surface area contributed by atoms with E-state index in [9.17, 15) is 4.79 Å². The van der Waals surface area contributed by atoms with E-state index in [1.54, 1.807) is 13.0 Å². The van der Waals surface area contributed by atoms with E-state index in [4.69, 9.17) is 0 Å². The van der Waals surface area contributed by atoms with Crippen LogP contribution in [0.1, 0.15) is 27.4 Å². The highest BCUT2D eigenvalue weighted by molar-refractivity contribution is 5.93. The van der Waals surface area contributed by atoms with E-state index < -0.39 is 0 Å². The Morgan fingerprint density at radius 3 is 2.63 bits per heavy atom. The Morgan fingerprint density at radius 2 is 1.77 bits per heavy atom. The summed E-state index contributed by atoms with van der Waals surface area (Å²) in [5.41, 5.74) is 3.93. The van der Waals surface area contributed by atoms with Gasteiger partial charge in [0.05, 0.1) is 0 Å². The van der Waals surface area contributed by atoms with Crippen LogP contribution in [0.2, 0.25) is 0 Å². The van der Waals surface area contributed by atoms with E-state index >= 15 is 0 Å². The topological polar surface area (TPSA) is 82.7 Å². The Balaban J connectivity index is 1.33. The summed E-state index contributed by atoms with van der Waals surface area (Å²) in [4.78, 5) is 24.6. The number of hydrogen-bond donors (Lipinski definition) is 3. The van der Waals surface area contributed by atoms with Gasteiger partial charge in [0, 0.05) is 36.3 Å². The number of hydrogen-bond acceptors (Lipinski definition) is 4. The number of fused-ring (bicyclic) bond motifs is 1. The van der Waals surface area contributed by atoms with Crippen molar-refractivity contribution < 1.29 is 4.79 Å². The van der Waals surface area contributed by atoms with Gasteiger partial charge in [-0.25, -0.2) is 9.97 Å². The van der Waals surface area contributed by atoms with Gasteiger partial charge in [0.25, 0.3) is 5.91 Å². The lowest BCUT2D eigenvalue weighted by Gasteiger charge is -2.09. The molecule has 2 aromatic carbocycles. The van der Waals surface area contributed by atoms with Gasteiger partial charge in [-0.3, -0.25) is 4.79 Å². The van der Waals surface area contributed by atoms with E-state index in [1.807, 2.05) is 42.6 Å². The van der Waals surface area contributed by atoms with Crippen molar-refractivity contribution in [1.82, 2.24) is 20.3 Å². The van der Waals surface area contributed by atoms with Gasteiger partial charge in [0.2, 0.25) is 0 Å². The summed E-state index contributed by atoms with van der Waals surface area (Å²) in [6.45, 7) is 3.08. The molecule has 2 aromatic heterocycles. The summed E-state index contributed by atoms with van der Waals surface area (Å²) >= 11 is 0. The molecule has 0 saturated heterocycles.